The van der Waals surface area contributed by atoms with Crippen molar-refractivity contribution in [3.63, 3.8) is 0 Å². The number of hydrogen-bond acceptors (Lipinski definition) is 5. The SMILES string of the molecule is CC(NC(=O)c1nnc(Cl)s1)C1CCCO1. The van der Waals surface area contributed by atoms with Gasteiger partial charge in [0.15, 0.2) is 0 Å². The fraction of sp³-hybridized carbons (Fsp3) is 0.667. The van der Waals surface area contributed by atoms with Gasteiger partial charge in [-0.25, -0.2) is 0 Å². The van der Waals surface area contributed by atoms with E-state index < -0.39 is 0 Å². The predicted octanol–water partition coefficient (Wildman–Crippen LogP) is 1.49. The molecule has 0 spiro atoms. The summed E-state index contributed by atoms with van der Waals surface area (Å²) in [6, 6.07) is -0.0160. The normalized spacial score (nSPS) is 22.0. The van der Waals surface area contributed by atoms with Crippen LogP contribution in [0.5, 0.6) is 0 Å². The first-order valence-electron chi connectivity index (χ1n) is 5.08. The Morgan fingerprint density at radius 2 is 2.50 bits per heavy atom. The molecule has 5 nitrogen and oxygen atoms in total. The Bertz CT molecular complexity index is 379. The number of nitrogens with zero attached hydrogens (tertiary/aromatic N) is 2. The molecule has 1 aromatic heterocycles. The average Bonchev–Trinajstić information content (AvgIpc) is 2.87. The van der Waals surface area contributed by atoms with Crippen LogP contribution in [0.4, 0.5) is 0 Å². The summed E-state index contributed by atoms with van der Waals surface area (Å²) in [5.41, 5.74) is 0. The number of aromatic nitrogens is 2. The lowest BCUT2D eigenvalue weighted by Crippen LogP contribution is -2.40. The largest absolute Gasteiger partial charge is 0.376 e. The molecule has 0 aliphatic carbocycles. The first-order chi connectivity index (χ1) is 7.66. The van der Waals surface area contributed by atoms with Crippen molar-refractivity contribution in [2.75, 3.05) is 6.61 Å². The summed E-state index contributed by atoms with van der Waals surface area (Å²) in [4.78, 5) is 11.7. The monoisotopic (exact) mass is 261 g/mol. The fourth-order valence-corrected chi connectivity index (χ4v) is 2.39. The van der Waals surface area contributed by atoms with E-state index in [1.54, 1.807) is 0 Å². The molecule has 0 saturated carbocycles. The molecule has 0 radical (unpaired) electrons. The van der Waals surface area contributed by atoms with Crippen LogP contribution in [-0.4, -0.2) is 34.9 Å². The second-order valence-corrected chi connectivity index (χ2v) is 5.23. The average molecular weight is 262 g/mol. The summed E-state index contributed by atoms with van der Waals surface area (Å²) in [5, 5.41) is 10.4. The van der Waals surface area contributed by atoms with E-state index in [-0.39, 0.29) is 27.5 Å². The molecule has 1 N–H and O–H groups in total. The highest BCUT2D eigenvalue weighted by molar-refractivity contribution is 7.17. The van der Waals surface area contributed by atoms with Crippen LogP contribution in [0.3, 0.4) is 0 Å². The molecular weight excluding hydrogens is 250 g/mol. The number of carbonyl (C=O) groups excluding carboxylic acids is 1. The van der Waals surface area contributed by atoms with Crippen LogP contribution in [0.25, 0.3) is 0 Å². The maximum absolute atomic E-state index is 11.7. The number of carbonyl (C=O) groups is 1. The number of halogens is 1. The molecule has 1 fully saturated rings. The Morgan fingerprint density at radius 1 is 1.69 bits per heavy atom. The summed E-state index contributed by atoms with van der Waals surface area (Å²) in [6.07, 6.45) is 2.14. The van der Waals surface area contributed by atoms with Gasteiger partial charge in [-0.05, 0) is 31.4 Å². The van der Waals surface area contributed by atoms with Crippen molar-refractivity contribution in [2.45, 2.75) is 31.9 Å². The summed E-state index contributed by atoms with van der Waals surface area (Å²) in [6.45, 7) is 2.70. The third-order valence-electron chi connectivity index (χ3n) is 2.48. The third-order valence-corrected chi connectivity index (χ3v) is 3.49. The lowest BCUT2D eigenvalue weighted by molar-refractivity contribution is 0.0712. The van der Waals surface area contributed by atoms with Crippen LogP contribution in [0.2, 0.25) is 4.47 Å². The first kappa shape index (κ1) is 11.8. The van der Waals surface area contributed by atoms with E-state index in [0.717, 1.165) is 30.8 Å². The summed E-state index contributed by atoms with van der Waals surface area (Å²) < 4.78 is 5.76. The molecule has 1 aliphatic heterocycles. The van der Waals surface area contributed by atoms with Gasteiger partial charge in [0, 0.05) is 6.61 Å². The Kier molecular flexibility index (Phi) is 3.73. The van der Waals surface area contributed by atoms with Gasteiger partial charge in [0.25, 0.3) is 5.91 Å². The standard InChI is InChI=1S/C9H12ClN3O2S/c1-5(6-3-2-4-15-6)11-7(14)8-12-13-9(10)16-8/h5-6H,2-4H2,1H3,(H,11,14). The van der Waals surface area contributed by atoms with Crippen LogP contribution in [0.1, 0.15) is 29.6 Å². The molecule has 1 amide bonds. The number of hydrogen-bond donors (Lipinski definition) is 1. The van der Waals surface area contributed by atoms with Gasteiger partial charge in [-0.15, -0.1) is 10.2 Å². The zero-order valence-electron chi connectivity index (χ0n) is 8.77. The van der Waals surface area contributed by atoms with Crippen molar-refractivity contribution >= 4 is 28.8 Å². The van der Waals surface area contributed by atoms with Crippen molar-refractivity contribution < 1.29 is 9.53 Å². The van der Waals surface area contributed by atoms with Gasteiger partial charge in [-0.3, -0.25) is 4.79 Å². The van der Waals surface area contributed by atoms with E-state index in [0.29, 0.717) is 0 Å². The molecular formula is C9H12ClN3O2S. The fourth-order valence-electron chi connectivity index (χ4n) is 1.66. The van der Waals surface area contributed by atoms with E-state index in [9.17, 15) is 4.79 Å². The summed E-state index contributed by atoms with van der Waals surface area (Å²) in [7, 11) is 0. The van der Waals surface area contributed by atoms with Crippen LogP contribution in [-0.2, 0) is 4.74 Å². The van der Waals surface area contributed by atoms with Gasteiger partial charge in [0.1, 0.15) is 0 Å². The minimum atomic E-state index is -0.243. The van der Waals surface area contributed by atoms with Crippen LogP contribution >= 0.6 is 22.9 Å². The molecule has 7 heteroatoms. The Labute approximate surface area is 102 Å². The van der Waals surface area contributed by atoms with Crippen LogP contribution in [0, 0.1) is 0 Å². The molecule has 0 aromatic carbocycles. The zero-order valence-corrected chi connectivity index (χ0v) is 10.3. The minimum absolute atomic E-state index is 0.0160. The summed E-state index contributed by atoms with van der Waals surface area (Å²) >= 11 is 6.68. The number of amides is 1. The van der Waals surface area contributed by atoms with Crippen molar-refractivity contribution in [1.29, 1.82) is 0 Å². The van der Waals surface area contributed by atoms with E-state index in [1.807, 2.05) is 6.92 Å². The highest BCUT2D eigenvalue weighted by Crippen LogP contribution is 2.17. The van der Waals surface area contributed by atoms with Gasteiger partial charge in [0.05, 0.1) is 12.1 Å². The van der Waals surface area contributed by atoms with Crippen molar-refractivity contribution in [2.24, 2.45) is 0 Å². The van der Waals surface area contributed by atoms with Crippen LogP contribution < -0.4 is 5.32 Å². The lowest BCUT2D eigenvalue weighted by atomic mass is 10.1. The van der Waals surface area contributed by atoms with E-state index in [2.05, 4.69) is 15.5 Å². The quantitative estimate of drug-likeness (QED) is 0.895. The van der Waals surface area contributed by atoms with Gasteiger partial charge < -0.3 is 10.1 Å². The van der Waals surface area contributed by atoms with Crippen molar-refractivity contribution in [3.8, 4) is 0 Å². The smallest absolute Gasteiger partial charge is 0.282 e. The van der Waals surface area contributed by atoms with Crippen molar-refractivity contribution in [3.05, 3.63) is 9.47 Å². The first-order valence-corrected chi connectivity index (χ1v) is 6.28. The third kappa shape index (κ3) is 2.69. The topological polar surface area (TPSA) is 64.1 Å². The molecule has 1 aromatic rings. The molecule has 88 valence electrons. The Morgan fingerprint density at radius 3 is 3.06 bits per heavy atom. The van der Waals surface area contributed by atoms with E-state index in [1.165, 1.54) is 0 Å². The maximum Gasteiger partial charge on any atom is 0.282 e. The number of ether oxygens (including phenoxy) is 1. The number of nitrogens with one attached hydrogen (secondary N) is 1. The summed E-state index contributed by atoms with van der Waals surface area (Å²) in [5.74, 6) is -0.243. The second-order valence-electron chi connectivity index (χ2n) is 3.67. The molecule has 2 rings (SSSR count). The van der Waals surface area contributed by atoms with E-state index >= 15 is 0 Å². The molecule has 0 bridgehead atoms. The molecule has 16 heavy (non-hydrogen) atoms. The highest BCUT2D eigenvalue weighted by atomic mass is 35.5. The second kappa shape index (κ2) is 5.07. The number of rotatable bonds is 3. The Balaban J connectivity index is 1.91. The highest BCUT2D eigenvalue weighted by Gasteiger charge is 2.24. The van der Waals surface area contributed by atoms with Gasteiger partial charge in [0.2, 0.25) is 9.47 Å². The lowest BCUT2D eigenvalue weighted by Gasteiger charge is -2.18. The van der Waals surface area contributed by atoms with Crippen molar-refractivity contribution in [1.82, 2.24) is 15.5 Å². The van der Waals surface area contributed by atoms with E-state index in [4.69, 9.17) is 16.3 Å². The molecule has 2 heterocycles. The van der Waals surface area contributed by atoms with Crippen LogP contribution in [0.15, 0.2) is 0 Å². The molecule has 2 unspecified atom stereocenters. The van der Waals surface area contributed by atoms with Gasteiger partial charge >= 0.3 is 0 Å². The minimum Gasteiger partial charge on any atom is -0.376 e. The van der Waals surface area contributed by atoms with Gasteiger partial charge in [-0.2, -0.15) is 0 Å². The molecule has 2 atom stereocenters. The molecule has 1 saturated heterocycles. The zero-order chi connectivity index (χ0) is 11.5. The Hall–Kier alpha value is -0.720. The molecule has 1 aliphatic rings. The predicted molar refractivity (Wildman–Crippen MR) is 60.8 cm³/mol. The van der Waals surface area contributed by atoms with Gasteiger partial charge in [-0.1, -0.05) is 11.3 Å². The maximum atomic E-state index is 11.7.